The Kier molecular flexibility index (Phi) is 6.67. The molecule has 0 aliphatic rings. The molecular weight excluding hydrogens is 538 g/mol. The number of aryl methyl sites for hydroxylation is 2. The molecular formula is C27H22BrN5O2S. The van der Waals surface area contributed by atoms with Gasteiger partial charge in [0, 0.05) is 15.7 Å². The second kappa shape index (κ2) is 10.0. The van der Waals surface area contributed by atoms with Crippen molar-refractivity contribution in [3.63, 3.8) is 0 Å². The molecule has 0 aliphatic heterocycles. The van der Waals surface area contributed by atoms with Crippen molar-refractivity contribution in [2.45, 2.75) is 20.3 Å². The summed E-state index contributed by atoms with van der Waals surface area (Å²) in [5.41, 5.74) is 6.15. The molecule has 2 heterocycles. The maximum Gasteiger partial charge on any atom is 0.293 e. The second-order valence-electron chi connectivity index (χ2n) is 8.24. The third kappa shape index (κ3) is 5.07. The van der Waals surface area contributed by atoms with Crippen molar-refractivity contribution >= 4 is 55.9 Å². The minimum Gasteiger partial charge on any atom is -0.451 e. The molecule has 2 N–H and O–H groups in total. The summed E-state index contributed by atoms with van der Waals surface area (Å²) >= 11 is 8.79. The lowest BCUT2D eigenvalue weighted by atomic mass is 10.2. The fourth-order valence-electron chi connectivity index (χ4n) is 3.73. The molecule has 0 radical (unpaired) electrons. The van der Waals surface area contributed by atoms with Gasteiger partial charge in [-0.15, -0.1) is 10.2 Å². The van der Waals surface area contributed by atoms with Gasteiger partial charge >= 0.3 is 0 Å². The first-order valence-electron chi connectivity index (χ1n) is 11.3. The summed E-state index contributed by atoms with van der Waals surface area (Å²) in [6, 6.07) is 23.0. The van der Waals surface area contributed by atoms with Gasteiger partial charge in [-0.3, -0.25) is 10.1 Å². The van der Waals surface area contributed by atoms with Crippen molar-refractivity contribution in [1.29, 1.82) is 0 Å². The van der Waals surface area contributed by atoms with Crippen LogP contribution in [-0.4, -0.2) is 26.0 Å². The van der Waals surface area contributed by atoms with E-state index in [0.29, 0.717) is 11.3 Å². The van der Waals surface area contributed by atoms with Gasteiger partial charge < -0.3 is 9.73 Å². The molecule has 0 bridgehead atoms. The molecule has 0 saturated heterocycles. The Morgan fingerprint density at radius 2 is 1.69 bits per heavy atom. The van der Waals surface area contributed by atoms with Crippen molar-refractivity contribution in [2.24, 2.45) is 0 Å². The van der Waals surface area contributed by atoms with Gasteiger partial charge in [0.2, 0.25) is 0 Å². The summed E-state index contributed by atoms with van der Waals surface area (Å²) < 4.78 is 6.69. The molecule has 0 unspecified atom stereocenters. The SMILES string of the molecule is CCc1ccc(-n2nc3cc(C)c(NC(=S)NC(=O)c4ccc(-c5ccc(Br)cc5)o4)cc3n2)cc1. The molecule has 0 aliphatic carbocycles. The number of fused-ring (bicyclic) bond motifs is 1. The quantitative estimate of drug-likeness (QED) is 0.241. The van der Waals surface area contributed by atoms with E-state index in [9.17, 15) is 4.79 Å². The highest BCUT2D eigenvalue weighted by Crippen LogP contribution is 2.25. The number of nitrogens with one attached hydrogen (secondary N) is 2. The Hall–Kier alpha value is -3.82. The van der Waals surface area contributed by atoms with E-state index in [1.165, 1.54) is 5.56 Å². The minimum absolute atomic E-state index is 0.159. The monoisotopic (exact) mass is 559 g/mol. The summed E-state index contributed by atoms with van der Waals surface area (Å²) in [7, 11) is 0. The first-order chi connectivity index (χ1) is 17.4. The number of hydrogen-bond donors (Lipinski definition) is 2. The van der Waals surface area contributed by atoms with Crippen LogP contribution in [0.2, 0.25) is 0 Å². The number of hydrogen-bond acceptors (Lipinski definition) is 5. The van der Waals surface area contributed by atoms with Gasteiger partial charge in [0.15, 0.2) is 10.9 Å². The van der Waals surface area contributed by atoms with E-state index >= 15 is 0 Å². The van der Waals surface area contributed by atoms with Crippen LogP contribution in [0.15, 0.2) is 81.7 Å². The van der Waals surface area contributed by atoms with Crippen LogP contribution in [-0.2, 0) is 6.42 Å². The second-order valence-corrected chi connectivity index (χ2v) is 9.57. The van der Waals surface area contributed by atoms with Crippen LogP contribution in [0.5, 0.6) is 0 Å². The predicted octanol–water partition coefficient (Wildman–Crippen LogP) is 6.44. The molecule has 36 heavy (non-hydrogen) atoms. The topological polar surface area (TPSA) is 85.0 Å². The number of rotatable bonds is 5. The van der Waals surface area contributed by atoms with Crippen molar-refractivity contribution in [3.05, 3.63) is 94.2 Å². The molecule has 5 rings (SSSR count). The van der Waals surface area contributed by atoms with E-state index in [2.05, 4.69) is 55.8 Å². The molecule has 0 saturated carbocycles. The summed E-state index contributed by atoms with van der Waals surface area (Å²) in [5, 5.41) is 15.1. The number of furan rings is 1. The zero-order valence-corrected chi connectivity index (χ0v) is 22.0. The highest BCUT2D eigenvalue weighted by molar-refractivity contribution is 9.10. The van der Waals surface area contributed by atoms with E-state index < -0.39 is 5.91 Å². The van der Waals surface area contributed by atoms with Gasteiger partial charge in [-0.05, 0) is 85.2 Å². The summed E-state index contributed by atoms with van der Waals surface area (Å²) in [6.45, 7) is 4.06. The normalized spacial score (nSPS) is 11.0. The number of anilines is 1. The first kappa shape index (κ1) is 23.9. The van der Waals surface area contributed by atoms with Gasteiger partial charge in [0.05, 0.1) is 5.69 Å². The van der Waals surface area contributed by atoms with Crippen LogP contribution < -0.4 is 10.6 Å². The van der Waals surface area contributed by atoms with Crippen molar-refractivity contribution in [2.75, 3.05) is 5.32 Å². The molecule has 5 aromatic rings. The Balaban J connectivity index is 1.29. The molecule has 0 atom stereocenters. The van der Waals surface area contributed by atoms with E-state index in [0.717, 1.165) is 38.9 Å². The van der Waals surface area contributed by atoms with Gasteiger partial charge in [0.1, 0.15) is 16.8 Å². The molecule has 3 aromatic carbocycles. The predicted molar refractivity (Wildman–Crippen MR) is 149 cm³/mol. The van der Waals surface area contributed by atoms with Gasteiger partial charge in [-0.25, -0.2) is 0 Å². The number of carbonyl (C=O) groups excluding carboxylic acids is 1. The molecule has 1 amide bonds. The number of amides is 1. The van der Waals surface area contributed by atoms with Crippen molar-refractivity contribution in [3.8, 4) is 17.0 Å². The van der Waals surface area contributed by atoms with E-state index in [-0.39, 0.29) is 10.9 Å². The highest BCUT2D eigenvalue weighted by Gasteiger charge is 2.15. The number of carbonyl (C=O) groups is 1. The van der Waals surface area contributed by atoms with E-state index in [1.807, 2.05) is 55.5 Å². The Morgan fingerprint density at radius 1 is 1.00 bits per heavy atom. The Labute approximate surface area is 221 Å². The fraction of sp³-hybridized carbons (Fsp3) is 0.111. The van der Waals surface area contributed by atoms with Crippen LogP contribution in [0, 0.1) is 6.92 Å². The fourth-order valence-corrected chi connectivity index (χ4v) is 4.20. The summed E-state index contributed by atoms with van der Waals surface area (Å²) in [5.74, 6) is 0.331. The molecule has 0 fully saturated rings. The zero-order chi connectivity index (χ0) is 25.2. The van der Waals surface area contributed by atoms with Gasteiger partial charge in [-0.1, -0.05) is 47.1 Å². The van der Waals surface area contributed by atoms with Gasteiger partial charge in [-0.2, -0.15) is 4.80 Å². The lowest BCUT2D eigenvalue weighted by Crippen LogP contribution is -2.34. The van der Waals surface area contributed by atoms with Crippen LogP contribution in [0.4, 0.5) is 5.69 Å². The average molecular weight is 560 g/mol. The summed E-state index contributed by atoms with van der Waals surface area (Å²) in [6.07, 6.45) is 0.978. The van der Waals surface area contributed by atoms with Crippen molar-refractivity contribution in [1.82, 2.24) is 20.3 Å². The first-order valence-corrected chi connectivity index (χ1v) is 12.5. The van der Waals surface area contributed by atoms with Crippen LogP contribution in [0.1, 0.15) is 28.6 Å². The molecule has 0 spiro atoms. The lowest BCUT2D eigenvalue weighted by Gasteiger charge is -2.10. The number of benzene rings is 3. The number of nitrogens with zero attached hydrogens (tertiary/aromatic N) is 3. The van der Waals surface area contributed by atoms with Crippen LogP contribution >= 0.6 is 28.1 Å². The Bertz CT molecular complexity index is 1570. The van der Waals surface area contributed by atoms with Crippen LogP contribution in [0.3, 0.4) is 0 Å². The Morgan fingerprint density at radius 3 is 2.39 bits per heavy atom. The largest absolute Gasteiger partial charge is 0.451 e. The highest BCUT2D eigenvalue weighted by atomic mass is 79.9. The minimum atomic E-state index is -0.434. The average Bonchev–Trinajstić information content (AvgIpc) is 3.52. The zero-order valence-electron chi connectivity index (χ0n) is 19.6. The maximum absolute atomic E-state index is 12.7. The lowest BCUT2D eigenvalue weighted by molar-refractivity contribution is 0.0951. The van der Waals surface area contributed by atoms with Crippen molar-refractivity contribution < 1.29 is 9.21 Å². The van der Waals surface area contributed by atoms with Crippen LogP contribution in [0.25, 0.3) is 28.0 Å². The third-order valence-corrected chi connectivity index (χ3v) is 6.47. The number of thiocarbonyl (C=S) groups is 1. The molecule has 7 nitrogen and oxygen atoms in total. The third-order valence-electron chi connectivity index (χ3n) is 5.74. The standard InChI is InChI=1S/C27H22BrN5O2S/c1-3-17-4-10-20(11-5-17)33-31-22-14-16(2)21(15-23(22)32-33)29-27(36)30-26(34)25-13-12-24(35-25)18-6-8-19(28)9-7-18/h4-15H,3H2,1-2H3,(H2,29,30,34,36). The van der Waals surface area contributed by atoms with E-state index in [4.69, 9.17) is 16.6 Å². The van der Waals surface area contributed by atoms with E-state index in [1.54, 1.807) is 16.9 Å². The smallest absolute Gasteiger partial charge is 0.293 e. The maximum atomic E-state index is 12.7. The number of halogens is 1. The summed E-state index contributed by atoms with van der Waals surface area (Å²) in [4.78, 5) is 14.3. The molecule has 9 heteroatoms. The van der Waals surface area contributed by atoms with Gasteiger partial charge in [0.25, 0.3) is 5.91 Å². The molecule has 180 valence electrons. The molecule has 2 aromatic heterocycles. The number of aromatic nitrogens is 3.